The lowest BCUT2D eigenvalue weighted by Gasteiger charge is -2.36. The number of methoxy groups -OCH3 is 1. The summed E-state index contributed by atoms with van der Waals surface area (Å²) in [4.78, 5) is 17.5. The van der Waals surface area contributed by atoms with Crippen LogP contribution in [0.15, 0.2) is 48.5 Å². The van der Waals surface area contributed by atoms with Crippen molar-refractivity contribution in [1.29, 1.82) is 0 Å². The van der Waals surface area contributed by atoms with Gasteiger partial charge in [0.25, 0.3) is 5.91 Å². The first-order valence-corrected chi connectivity index (χ1v) is 10.8. The third-order valence-corrected chi connectivity index (χ3v) is 6.23. The Morgan fingerprint density at radius 1 is 1.03 bits per heavy atom. The minimum absolute atomic E-state index is 0.0417. The number of amides is 1. The maximum atomic E-state index is 13.3. The molecule has 31 heavy (non-hydrogen) atoms. The molecule has 1 fully saturated rings. The number of carbonyl (C=O) groups excluding carboxylic acids is 1. The monoisotopic (exact) mass is 438 g/mol. The number of halogens is 1. The van der Waals surface area contributed by atoms with Crippen LogP contribution in [0.1, 0.15) is 27.3 Å². The van der Waals surface area contributed by atoms with Crippen LogP contribution in [0.3, 0.4) is 0 Å². The van der Waals surface area contributed by atoms with E-state index >= 15 is 0 Å². The van der Waals surface area contributed by atoms with Crippen molar-refractivity contribution >= 4 is 23.2 Å². The summed E-state index contributed by atoms with van der Waals surface area (Å²) in [5, 5.41) is 5.34. The van der Waals surface area contributed by atoms with Gasteiger partial charge in [-0.1, -0.05) is 41.9 Å². The van der Waals surface area contributed by atoms with Crippen molar-refractivity contribution in [2.45, 2.75) is 20.4 Å². The highest BCUT2D eigenvalue weighted by atomic mass is 35.5. The molecule has 0 N–H and O–H groups in total. The van der Waals surface area contributed by atoms with Crippen molar-refractivity contribution in [3.8, 4) is 5.75 Å². The molecule has 0 bridgehead atoms. The van der Waals surface area contributed by atoms with Gasteiger partial charge in [0.2, 0.25) is 0 Å². The third-order valence-electron chi connectivity index (χ3n) is 5.87. The highest BCUT2D eigenvalue weighted by molar-refractivity contribution is 6.31. The minimum Gasteiger partial charge on any atom is -0.495 e. The van der Waals surface area contributed by atoms with E-state index in [1.807, 2.05) is 65.9 Å². The second-order valence-corrected chi connectivity index (χ2v) is 8.15. The zero-order valence-corrected chi connectivity index (χ0v) is 18.9. The van der Waals surface area contributed by atoms with Crippen LogP contribution >= 0.6 is 11.6 Å². The number of hydrogen-bond donors (Lipinski definition) is 0. The van der Waals surface area contributed by atoms with Gasteiger partial charge in [-0.25, -0.2) is 0 Å². The molecule has 0 aliphatic carbocycles. The predicted octanol–water partition coefficient (Wildman–Crippen LogP) is 4.17. The van der Waals surface area contributed by atoms with E-state index in [-0.39, 0.29) is 5.91 Å². The van der Waals surface area contributed by atoms with Crippen molar-refractivity contribution in [3.05, 3.63) is 76.1 Å². The van der Waals surface area contributed by atoms with Gasteiger partial charge in [-0.05, 0) is 37.6 Å². The summed E-state index contributed by atoms with van der Waals surface area (Å²) in [5.74, 6) is 0.898. The summed E-state index contributed by atoms with van der Waals surface area (Å²) >= 11 is 6.31. The van der Waals surface area contributed by atoms with E-state index < -0.39 is 0 Å². The molecular formula is C24H27ClN4O2. The van der Waals surface area contributed by atoms with Gasteiger partial charge >= 0.3 is 0 Å². The summed E-state index contributed by atoms with van der Waals surface area (Å²) in [6.45, 7) is 7.23. The van der Waals surface area contributed by atoms with Gasteiger partial charge in [-0.15, -0.1) is 0 Å². The number of para-hydroxylation sites is 2. The molecule has 0 saturated carbocycles. The van der Waals surface area contributed by atoms with Gasteiger partial charge in [0, 0.05) is 36.9 Å². The normalized spacial score (nSPS) is 14.1. The van der Waals surface area contributed by atoms with Gasteiger partial charge in [-0.3, -0.25) is 9.48 Å². The zero-order valence-electron chi connectivity index (χ0n) is 18.1. The van der Waals surface area contributed by atoms with E-state index in [9.17, 15) is 4.79 Å². The van der Waals surface area contributed by atoms with Crippen LogP contribution in [0.25, 0.3) is 0 Å². The molecule has 6 nitrogen and oxygen atoms in total. The number of ether oxygens (including phenoxy) is 1. The fourth-order valence-electron chi connectivity index (χ4n) is 4.15. The Kier molecular flexibility index (Phi) is 6.18. The summed E-state index contributed by atoms with van der Waals surface area (Å²) in [7, 11) is 1.68. The van der Waals surface area contributed by atoms with Crippen LogP contribution in [0.4, 0.5) is 5.69 Å². The predicted molar refractivity (Wildman–Crippen MR) is 123 cm³/mol. The molecule has 1 aliphatic heterocycles. The molecule has 0 radical (unpaired) electrons. The smallest absolute Gasteiger partial charge is 0.257 e. The van der Waals surface area contributed by atoms with E-state index in [0.29, 0.717) is 30.2 Å². The quantitative estimate of drug-likeness (QED) is 0.599. The Morgan fingerprint density at radius 3 is 2.42 bits per heavy atom. The Bertz CT molecular complexity index is 1090. The van der Waals surface area contributed by atoms with Crippen LogP contribution in [-0.4, -0.2) is 53.9 Å². The van der Waals surface area contributed by atoms with E-state index in [0.717, 1.165) is 41.5 Å². The Morgan fingerprint density at radius 2 is 1.71 bits per heavy atom. The SMILES string of the molecule is COc1ccccc1N1CCN(C(=O)c2c(C)nn(Cc3ccccc3Cl)c2C)CC1. The van der Waals surface area contributed by atoms with Crippen LogP contribution in [-0.2, 0) is 6.54 Å². The second kappa shape index (κ2) is 9.02. The lowest BCUT2D eigenvalue weighted by molar-refractivity contribution is 0.0745. The van der Waals surface area contributed by atoms with E-state index in [2.05, 4.69) is 16.1 Å². The van der Waals surface area contributed by atoms with Gasteiger partial charge in [-0.2, -0.15) is 5.10 Å². The van der Waals surface area contributed by atoms with Gasteiger partial charge in [0.1, 0.15) is 5.75 Å². The summed E-state index contributed by atoms with van der Waals surface area (Å²) < 4.78 is 7.36. The highest BCUT2D eigenvalue weighted by Crippen LogP contribution is 2.29. The van der Waals surface area contributed by atoms with Gasteiger partial charge in [0.15, 0.2) is 0 Å². The molecule has 1 amide bonds. The summed E-state index contributed by atoms with van der Waals surface area (Å²) in [6, 6.07) is 15.7. The second-order valence-electron chi connectivity index (χ2n) is 7.75. The molecule has 1 aliphatic rings. The number of nitrogens with zero attached hydrogens (tertiary/aromatic N) is 4. The van der Waals surface area contributed by atoms with Gasteiger partial charge < -0.3 is 14.5 Å². The number of anilines is 1. The van der Waals surface area contributed by atoms with Crippen molar-refractivity contribution in [2.75, 3.05) is 38.2 Å². The van der Waals surface area contributed by atoms with Crippen LogP contribution in [0.5, 0.6) is 5.75 Å². The van der Waals surface area contributed by atoms with E-state index in [4.69, 9.17) is 16.3 Å². The molecule has 3 aromatic rings. The van der Waals surface area contributed by atoms with Crippen LogP contribution in [0, 0.1) is 13.8 Å². The first kappa shape index (κ1) is 21.2. The highest BCUT2D eigenvalue weighted by Gasteiger charge is 2.27. The molecule has 7 heteroatoms. The lowest BCUT2D eigenvalue weighted by Crippen LogP contribution is -2.49. The topological polar surface area (TPSA) is 50.6 Å². The maximum Gasteiger partial charge on any atom is 0.257 e. The lowest BCUT2D eigenvalue weighted by atomic mass is 10.1. The van der Waals surface area contributed by atoms with E-state index in [1.54, 1.807) is 7.11 Å². The largest absolute Gasteiger partial charge is 0.495 e. The fourth-order valence-corrected chi connectivity index (χ4v) is 4.34. The molecule has 0 unspecified atom stereocenters. The molecule has 0 atom stereocenters. The van der Waals surface area contributed by atoms with Gasteiger partial charge in [0.05, 0.1) is 30.6 Å². The number of piperazine rings is 1. The summed E-state index contributed by atoms with van der Waals surface area (Å²) in [5.41, 5.74) is 4.37. The first-order chi connectivity index (χ1) is 15.0. The fraction of sp³-hybridized carbons (Fsp3) is 0.333. The molecule has 1 saturated heterocycles. The number of benzene rings is 2. The Labute approximate surface area is 188 Å². The average Bonchev–Trinajstić information content (AvgIpc) is 3.07. The minimum atomic E-state index is 0.0417. The van der Waals surface area contributed by atoms with Crippen LogP contribution < -0.4 is 9.64 Å². The van der Waals surface area contributed by atoms with Crippen molar-refractivity contribution in [3.63, 3.8) is 0 Å². The molecule has 1 aromatic heterocycles. The molecule has 162 valence electrons. The molecule has 4 rings (SSSR count). The molecule has 2 aromatic carbocycles. The van der Waals surface area contributed by atoms with E-state index in [1.165, 1.54) is 0 Å². The Hall–Kier alpha value is -2.99. The third kappa shape index (κ3) is 4.26. The number of hydrogen-bond acceptors (Lipinski definition) is 4. The standard InChI is InChI=1S/C24H27ClN4O2/c1-17-23(18(2)29(26-17)16-19-8-4-5-9-20(19)25)24(30)28-14-12-27(13-15-28)21-10-6-7-11-22(21)31-3/h4-11H,12-16H2,1-3H3. The molecule has 0 spiro atoms. The summed E-state index contributed by atoms with van der Waals surface area (Å²) in [6.07, 6.45) is 0. The number of carbonyl (C=O) groups is 1. The van der Waals surface area contributed by atoms with Crippen LogP contribution in [0.2, 0.25) is 5.02 Å². The number of aryl methyl sites for hydroxylation is 1. The number of rotatable bonds is 5. The number of aromatic nitrogens is 2. The average molecular weight is 439 g/mol. The first-order valence-electron chi connectivity index (χ1n) is 10.4. The molecular weight excluding hydrogens is 412 g/mol. The zero-order chi connectivity index (χ0) is 22.0. The maximum absolute atomic E-state index is 13.3. The Balaban J connectivity index is 1.48. The van der Waals surface area contributed by atoms with Crippen molar-refractivity contribution in [2.24, 2.45) is 0 Å². The van der Waals surface area contributed by atoms with Crippen molar-refractivity contribution < 1.29 is 9.53 Å². The van der Waals surface area contributed by atoms with Crippen molar-refractivity contribution in [1.82, 2.24) is 14.7 Å². The molecule has 2 heterocycles.